The van der Waals surface area contributed by atoms with Gasteiger partial charge in [0, 0.05) is 24.8 Å². The number of hydrogen-bond acceptors (Lipinski definition) is 2. The number of nitrogens with zero attached hydrogens (tertiary/aromatic N) is 3. The highest BCUT2D eigenvalue weighted by Gasteiger charge is 2.35. The largest absolute Gasteiger partial charge is 0.335 e. The molecular formula is C19H31N3O. The number of amides is 1. The summed E-state index contributed by atoms with van der Waals surface area (Å²) in [4.78, 5) is 15.4. The molecule has 3 rings (SSSR count). The van der Waals surface area contributed by atoms with Crippen LogP contribution in [0, 0.1) is 18.8 Å². The molecule has 0 spiro atoms. The Morgan fingerprint density at radius 2 is 1.91 bits per heavy atom. The molecule has 0 unspecified atom stereocenters. The Bertz CT molecular complexity index is 549. The molecule has 2 fully saturated rings. The molecule has 2 heterocycles. The van der Waals surface area contributed by atoms with E-state index in [0.717, 1.165) is 36.7 Å². The molecule has 0 N–H and O–H groups in total. The van der Waals surface area contributed by atoms with Crippen LogP contribution in [0.2, 0.25) is 0 Å². The van der Waals surface area contributed by atoms with Crippen molar-refractivity contribution >= 4 is 5.91 Å². The molecule has 1 aliphatic heterocycles. The van der Waals surface area contributed by atoms with Gasteiger partial charge >= 0.3 is 0 Å². The van der Waals surface area contributed by atoms with Gasteiger partial charge in [-0.05, 0) is 44.4 Å². The number of fused-ring (bicyclic) bond motifs is 1. The molecule has 128 valence electrons. The van der Waals surface area contributed by atoms with E-state index in [4.69, 9.17) is 0 Å². The fourth-order valence-corrected chi connectivity index (χ4v) is 4.38. The predicted molar refractivity (Wildman–Crippen MR) is 92.4 cm³/mol. The van der Waals surface area contributed by atoms with Crippen LogP contribution >= 0.6 is 0 Å². The molecule has 1 aliphatic carbocycles. The van der Waals surface area contributed by atoms with Gasteiger partial charge in [0.05, 0.1) is 11.8 Å². The summed E-state index contributed by atoms with van der Waals surface area (Å²) >= 11 is 0. The van der Waals surface area contributed by atoms with Crippen molar-refractivity contribution in [2.75, 3.05) is 6.54 Å². The zero-order valence-electron chi connectivity index (χ0n) is 14.9. The maximum atomic E-state index is 13.2. The van der Waals surface area contributed by atoms with E-state index >= 15 is 0 Å². The molecule has 1 saturated heterocycles. The zero-order valence-corrected chi connectivity index (χ0v) is 14.9. The number of hydrogen-bond donors (Lipinski definition) is 0. The van der Waals surface area contributed by atoms with Gasteiger partial charge in [0.25, 0.3) is 5.91 Å². The van der Waals surface area contributed by atoms with E-state index in [0.29, 0.717) is 12.0 Å². The normalized spacial score (nSPS) is 25.3. The molecule has 4 nitrogen and oxygen atoms in total. The van der Waals surface area contributed by atoms with Crippen LogP contribution in [0.3, 0.4) is 0 Å². The Hall–Kier alpha value is -1.32. The Balaban J connectivity index is 1.82. The Labute approximate surface area is 140 Å². The lowest BCUT2D eigenvalue weighted by Gasteiger charge is -2.38. The van der Waals surface area contributed by atoms with Gasteiger partial charge in [-0.3, -0.25) is 9.48 Å². The highest BCUT2D eigenvalue weighted by Crippen LogP contribution is 2.35. The van der Waals surface area contributed by atoms with E-state index in [1.54, 1.807) is 6.20 Å². The van der Waals surface area contributed by atoms with Crippen LogP contribution in [0.4, 0.5) is 0 Å². The first kappa shape index (κ1) is 16.5. The van der Waals surface area contributed by atoms with Crippen molar-refractivity contribution in [1.82, 2.24) is 14.7 Å². The second-order valence-electron chi connectivity index (χ2n) is 7.83. The molecule has 0 radical (unpaired) electrons. The first-order valence-electron chi connectivity index (χ1n) is 9.41. The lowest BCUT2D eigenvalue weighted by Crippen LogP contribution is -2.45. The van der Waals surface area contributed by atoms with Crippen molar-refractivity contribution in [3.8, 4) is 0 Å². The van der Waals surface area contributed by atoms with Crippen LogP contribution in [0.15, 0.2) is 6.20 Å². The third-order valence-corrected chi connectivity index (χ3v) is 5.63. The van der Waals surface area contributed by atoms with Crippen molar-refractivity contribution in [1.29, 1.82) is 0 Å². The van der Waals surface area contributed by atoms with E-state index in [1.165, 1.54) is 38.5 Å². The molecule has 1 aromatic rings. The van der Waals surface area contributed by atoms with Gasteiger partial charge in [-0.1, -0.05) is 33.1 Å². The standard InChI is InChI=1S/C19H31N3O/c1-14(2)13-22-15(3)17(12-20-22)19(23)21-11-7-6-9-16-8-4-5-10-18(16)21/h12,14,16,18H,4-11,13H2,1-3H3/t16-,18-/m1/s1. The summed E-state index contributed by atoms with van der Waals surface area (Å²) in [7, 11) is 0. The minimum atomic E-state index is 0.219. The molecule has 0 bridgehead atoms. The molecule has 1 saturated carbocycles. The van der Waals surface area contributed by atoms with Gasteiger partial charge in [0.2, 0.25) is 0 Å². The number of aromatic nitrogens is 2. The molecule has 23 heavy (non-hydrogen) atoms. The summed E-state index contributed by atoms with van der Waals surface area (Å²) in [6, 6.07) is 0.464. The Kier molecular flexibility index (Phi) is 5.08. The highest BCUT2D eigenvalue weighted by atomic mass is 16.2. The molecule has 4 heteroatoms. The summed E-state index contributed by atoms with van der Waals surface area (Å²) in [6.07, 6.45) is 10.6. The minimum Gasteiger partial charge on any atom is -0.335 e. The third kappa shape index (κ3) is 3.46. The molecule has 2 aliphatic rings. The van der Waals surface area contributed by atoms with E-state index < -0.39 is 0 Å². The summed E-state index contributed by atoms with van der Waals surface area (Å²) in [6.45, 7) is 8.22. The highest BCUT2D eigenvalue weighted by molar-refractivity contribution is 5.95. The molecular weight excluding hydrogens is 286 g/mol. The molecule has 0 aromatic carbocycles. The fraction of sp³-hybridized carbons (Fsp3) is 0.789. The summed E-state index contributed by atoms with van der Waals surface area (Å²) in [5.74, 6) is 1.48. The molecule has 1 aromatic heterocycles. The van der Waals surface area contributed by atoms with E-state index in [9.17, 15) is 4.79 Å². The van der Waals surface area contributed by atoms with Crippen molar-refractivity contribution in [2.45, 2.75) is 78.3 Å². The van der Waals surface area contributed by atoms with Gasteiger partial charge < -0.3 is 4.90 Å². The van der Waals surface area contributed by atoms with E-state index in [2.05, 4.69) is 23.8 Å². The minimum absolute atomic E-state index is 0.219. The van der Waals surface area contributed by atoms with Gasteiger partial charge in [0.1, 0.15) is 0 Å². The first-order chi connectivity index (χ1) is 11.1. The van der Waals surface area contributed by atoms with Crippen LogP contribution in [0.5, 0.6) is 0 Å². The second kappa shape index (κ2) is 7.06. The maximum absolute atomic E-state index is 13.2. The molecule has 2 atom stereocenters. The van der Waals surface area contributed by atoms with Crippen LogP contribution in [0.25, 0.3) is 0 Å². The SMILES string of the molecule is Cc1c(C(=O)N2CCCC[C@H]3CCCC[C@H]32)cnn1CC(C)C. The Morgan fingerprint density at radius 3 is 2.65 bits per heavy atom. The summed E-state index contributed by atoms with van der Waals surface area (Å²) in [5, 5.41) is 4.47. The number of carbonyl (C=O) groups excluding carboxylic acids is 1. The lowest BCUT2D eigenvalue weighted by atomic mass is 9.81. The number of rotatable bonds is 3. The molecule has 1 amide bonds. The van der Waals surface area contributed by atoms with Gasteiger partial charge in [-0.25, -0.2) is 0 Å². The monoisotopic (exact) mass is 317 g/mol. The lowest BCUT2D eigenvalue weighted by molar-refractivity contribution is 0.0568. The fourth-order valence-electron chi connectivity index (χ4n) is 4.38. The van der Waals surface area contributed by atoms with Crippen molar-refractivity contribution in [2.24, 2.45) is 11.8 Å². The Morgan fingerprint density at radius 1 is 1.22 bits per heavy atom. The van der Waals surface area contributed by atoms with E-state index in [1.807, 2.05) is 11.6 Å². The van der Waals surface area contributed by atoms with Crippen LogP contribution < -0.4 is 0 Å². The van der Waals surface area contributed by atoms with Crippen LogP contribution in [-0.4, -0.2) is 33.2 Å². The third-order valence-electron chi connectivity index (χ3n) is 5.63. The smallest absolute Gasteiger partial charge is 0.257 e. The van der Waals surface area contributed by atoms with Crippen molar-refractivity contribution < 1.29 is 4.79 Å². The van der Waals surface area contributed by atoms with Gasteiger partial charge in [0.15, 0.2) is 0 Å². The van der Waals surface area contributed by atoms with Crippen LogP contribution in [0.1, 0.15) is 74.8 Å². The number of carbonyl (C=O) groups is 1. The average molecular weight is 317 g/mol. The predicted octanol–water partition coefficient (Wildman–Crippen LogP) is 4.03. The van der Waals surface area contributed by atoms with Crippen molar-refractivity contribution in [3.05, 3.63) is 17.5 Å². The number of likely N-dealkylation sites (tertiary alicyclic amines) is 1. The topological polar surface area (TPSA) is 38.1 Å². The summed E-state index contributed by atoms with van der Waals surface area (Å²) < 4.78 is 1.99. The van der Waals surface area contributed by atoms with Gasteiger partial charge in [-0.15, -0.1) is 0 Å². The zero-order chi connectivity index (χ0) is 16.4. The second-order valence-corrected chi connectivity index (χ2v) is 7.83. The summed E-state index contributed by atoms with van der Waals surface area (Å²) in [5.41, 5.74) is 1.84. The van der Waals surface area contributed by atoms with Gasteiger partial charge in [-0.2, -0.15) is 5.10 Å². The van der Waals surface area contributed by atoms with Crippen LogP contribution in [-0.2, 0) is 6.54 Å². The average Bonchev–Trinajstić information content (AvgIpc) is 2.76. The van der Waals surface area contributed by atoms with Crippen molar-refractivity contribution in [3.63, 3.8) is 0 Å². The first-order valence-corrected chi connectivity index (χ1v) is 9.41. The quantitative estimate of drug-likeness (QED) is 0.844. The van der Waals surface area contributed by atoms with E-state index in [-0.39, 0.29) is 5.91 Å². The maximum Gasteiger partial charge on any atom is 0.257 e.